The number of carbonyl (C=O) groups excluding carboxylic acids is 2. The molecule has 1 fully saturated rings. The quantitative estimate of drug-likeness (QED) is 0.532. The fraction of sp³-hybridized carbons (Fsp3) is 0.391. The van der Waals surface area contributed by atoms with Crippen molar-refractivity contribution in [3.63, 3.8) is 0 Å². The molecule has 0 saturated carbocycles. The molecule has 3 nitrogen and oxygen atoms in total. The lowest BCUT2D eigenvalue weighted by atomic mass is 9.76. The fourth-order valence-corrected chi connectivity index (χ4v) is 4.09. The summed E-state index contributed by atoms with van der Waals surface area (Å²) < 4.78 is 0. The third-order valence-corrected chi connectivity index (χ3v) is 5.55. The topological polar surface area (TPSA) is 37.4 Å². The Balaban J connectivity index is 1.65. The zero-order chi connectivity index (χ0) is 18.2. The van der Waals surface area contributed by atoms with Gasteiger partial charge in [0, 0.05) is 6.54 Å². The van der Waals surface area contributed by atoms with E-state index in [0.717, 1.165) is 45.0 Å². The van der Waals surface area contributed by atoms with E-state index in [0.29, 0.717) is 12.3 Å². The van der Waals surface area contributed by atoms with Crippen molar-refractivity contribution in [3.05, 3.63) is 71.8 Å². The molecule has 0 N–H and O–H groups in total. The largest absolute Gasteiger partial charge is 0.303 e. The first-order valence-electron chi connectivity index (χ1n) is 9.52. The molecule has 1 saturated heterocycles. The monoisotopic (exact) mass is 349 g/mol. The number of hydrogen-bond donors (Lipinski definition) is 0. The van der Waals surface area contributed by atoms with E-state index in [-0.39, 0.29) is 5.92 Å². The molecule has 136 valence electrons. The average molecular weight is 349 g/mol. The molecular weight excluding hydrogens is 322 g/mol. The molecule has 3 rings (SSSR count). The van der Waals surface area contributed by atoms with Crippen LogP contribution in [-0.2, 0) is 16.1 Å². The van der Waals surface area contributed by atoms with E-state index in [1.165, 1.54) is 11.1 Å². The molecule has 1 atom stereocenters. The Morgan fingerprint density at radius 3 is 2.04 bits per heavy atom. The van der Waals surface area contributed by atoms with Crippen LogP contribution in [0.4, 0.5) is 0 Å². The van der Waals surface area contributed by atoms with Gasteiger partial charge in [-0.3, -0.25) is 4.90 Å². The van der Waals surface area contributed by atoms with Gasteiger partial charge in [-0.05, 0) is 55.3 Å². The zero-order valence-electron chi connectivity index (χ0n) is 15.2. The fourth-order valence-electron chi connectivity index (χ4n) is 4.09. The van der Waals surface area contributed by atoms with Gasteiger partial charge in [0.15, 0.2) is 0 Å². The summed E-state index contributed by atoms with van der Waals surface area (Å²) >= 11 is 0. The molecule has 0 aromatic heterocycles. The summed E-state index contributed by atoms with van der Waals surface area (Å²) in [4.78, 5) is 24.9. The molecule has 0 amide bonds. The van der Waals surface area contributed by atoms with Gasteiger partial charge in [0.25, 0.3) is 0 Å². The minimum atomic E-state index is -0.498. The minimum Gasteiger partial charge on any atom is -0.303 e. The summed E-state index contributed by atoms with van der Waals surface area (Å²) in [7, 11) is 0. The van der Waals surface area contributed by atoms with E-state index in [2.05, 4.69) is 47.4 Å². The molecule has 0 bridgehead atoms. The SMILES string of the molecule is O=CC(C=O)CC(c1ccccc1)C1CCN(Cc2ccccc2)CC1. The predicted molar refractivity (Wildman–Crippen MR) is 104 cm³/mol. The molecule has 0 spiro atoms. The van der Waals surface area contributed by atoms with Crippen LogP contribution in [0.3, 0.4) is 0 Å². The van der Waals surface area contributed by atoms with Crippen molar-refractivity contribution in [2.75, 3.05) is 13.1 Å². The maximum absolute atomic E-state index is 11.2. The third kappa shape index (κ3) is 4.89. The lowest BCUT2D eigenvalue weighted by Crippen LogP contribution is -2.35. The number of likely N-dealkylation sites (tertiary alicyclic amines) is 1. The molecule has 1 aliphatic rings. The predicted octanol–water partition coefficient (Wildman–Crippen LogP) is 4.09. The Labute approximate surface area is 156 Å². The van der Waals surface area contributed by atoms with Crippen molar-refractivity contribution in [1.82, 2.24) is 4.90 Å². The van der Waals surface area contributed by atoms with Crippen molar-refractivity contribution < 1.29 is 9.59 Å². The highest BCUT2D eigenvalue weighted by molar-refractivity contribution is 5.77. The van der Waals surface area contributed by atoms with Crippen LogP contribution in [0.5, 0.6) is 0 Å². The van der Waals surface area contributed by atoms with Crippen LogP contribution in [0.15, 0.2) is 60.7 Å². The minimum absolute atomic E-state index is 0.274. The number of nitrogens with zero attached hydrogens (tertiary/aromatic N) is 1. The first kappa shape index (κ1) is 18.5. The normalized spacial score (nSPS) is 17.1. The van der Waals surface area contributed by atoms with Crippen molar-refractivity contribution in [1.29, 1.82) is 0 Å². The van der Waals surface area contributed by atoms with E-state index in [4.69, 9.17) is 0 Å². The molecule has 2 aromatic carbocycles. The van der Waals surface area contributed by atoms with Crippen molar-refractivity contribution in [3.8, 4) is 0 Å². The van der Waals surface area contributed by atoms with Gasteiger partial charge in [-0.25, -0.2) is 0 Å². The molecule has 1 unspecified atom stereocenters. The van der Waals surface area contributed by atoms with Crippen LogP contribution in [-0.4, -0.2) is 30.6 Å². The smallest absolute Gasteiger partial charge is 0.130 e. The number of benzene rings is 2. The number of carbonyl (C=O) groups is 2. The van der Waals surface area contributed by atoms with Gasteiger partial charge in [0.2, 0.25) is 0 Å². The lowest BCUT2D eigenvalue weighted by molar-refractivity contribution is -0.119. The van der Waals surface area contributed by atoms with Crippen LogP contribution in [0.2, 0.25) is 0 Å². The summed E-state index contributed by atoms with van der Waals surface area (Å²) in [5.41, 5.74) is 2.61. The number of hydrogen-bond acceptors (Lipinski definition) is 3. The third-order valence-electron chi connectivity index (χ3n) is 5.55. The number of aldehydes is 2. The second-order valence-electron chi connectivity index (χ2n) is 7.29. The lowest BCUT2D eigenvalue weighted by Gasteiger charge is -2.37. The number of piperidine rings is 1. The second-order valence-corrected chi connectivity index (χ2v) is 7.29. The van der Waals surface area contributed by atoms with E-state index in [9.17, 15) is 9.59 Å². The standard InChI is InChI=1S/C23H27NO2/c25-17-20(18-26)15-23(21-9-5-2-6-10-21)22-11-13-24(14-12-22)16-19-7-3-1-4-8-19/h1-10,17-18,20,22-23H,11-16H2. The van der Waals surface area contributed by atoms with E-state index >= 15 is 0 Å². The summed E-state index contributed by atoms with van der Waals surface area (Å²) in [5, 5.41) is 0. The highest BCUT2D eigenvalue weighted by Gasteiger charge is 2.29. The Bertz CT molecular complexity index is 670. The molecular formula is C23H27NO2. The Morgan fingerprint density at radius 2 is 1.46 bits per heavy atom. The molecule has 0 radical (unpaired) electrons. The van der Waals surface area contributed by atoms with Crippen molar-refractivity contribution in [2.24, 2.45) is 11.8 Å². The highest BCUT2D eigenvalue weighted by Crippen LogP contribution is 2.37. The molecule has 26 heavy (non-hydrogen) atoms. The van der Waals surface area contributed by atoms with E-state index in [1.54, 1.807) is 0 Å². The van der Waals surface area contributed by atoms with E-state index in [1.807, 2.05) is 18.2 Å². The molecule has 2 aromatic rings. The molecule has 3 heteroatoms. The average Bonchev–Trinajstić information content (AvgIpc) is 2.71. The van der Waals surface area contributed by atoms with Gasteiger partial charge in [0.05, 0.1) is 5.92 Å². The molecule has 0 aliphatic carbocycles. The van der Waals surface area contributed by atoms with Crippen LogP contribution >= 0.6 is 0 Å². The van der Waals surface area contributed by atoms with Gasteiger partial charge in [0.1, 0.15) is 12.6 Å². The number of rotatable bonds is 8. The van der Waals surface area contributed by atoms with E-state index < -0.39 is 5.92 Å². The summed E-state index contributed by atoms with van der Waals surface area (Å²) in [6, 6.07) is 21.0. The molecule has 1 heterocycles. The van der Waals surface area contributed by atoms with Gasteiger partial charge < -0.3 is 9.59 Å². The van der Waals surface area contributed by atoms with Crippen molar-refractivity contribution >= 4 is 12.6 Å². The van der Waals surface area contributed by atoms with Crippen LogP contribution in [0, 0.1) is 11.8 Å². The van der Waals surface area contributed by atoms with Crippen molar-refractivity contribution in [2.45, 2.75) is 31.7 Å². The highest BCUT2D eigenvalue weighted by atomic mass is 16.1. The summed E-state index contributed by atoms with van der Waals surface area (Å²) in [6.45, 7) is 3.13. The zero-order valence-corrected chi connectivity index (χ0v) is 15.2. The van der Waals surface area contributed by atoms with Gasteiger partial charge in [-0.2, -0.15) is 0 Å². The van der Waals surface area contributed by atoms with Crippen LogP contribution < -0.4 is 0 Å². The first-order chi connectivity index (χ1) is 12.8. The second kappa shape index (κ2) is 9.44. The summed E-state index contributed by atoms with van der Waals surface area (Å²) in [5.74, 6) is 0.296. The maximum Gasteiger partial charge on any atom is 0.130 e. The van der Waals surface area contributed by atoms with Crippen LogP contribution in [0.1, 0.15) is 36.3 Å². The first-order valence-corrected chi connectivity index (χ1v) is 9.52. The van der Waals surface area contributed by atoms with Gasteiger partial charge in [-0.1, -0.05) is 60.7 Å². The molecule has 1 aliphatic heterocycles. The maximum atomic E-state index is 11.2. The van der Waals surface area contributed by atoms with Crippen LogP contribution in [0.25, 0.3) is 0 Å². The van der Waals surface area contributed by atoms with Gasteiger partial charge in [-0.15, -0.1) is 0 Å². The summed E-state index contributed by atoms with van der Waals surface area (Å²) in [6.07, 6.45) is 4.44. The Hall–Kier alpha value is -2.26. The Kier molecular flexibility index (Phi) is 6.73. The van der Waals surface area contributed by atoms with Gasteiger partial charge >= 0.3 is 0 Å². The Morgan fingerprint density at radius 1 is 0.885 bits per heavy atom.